The Balaban J connectivity index is 1.68. The van der Waals surface area contributed by atoms with E-state index in [9.17, 15) is 0 Å². The van der Waals surface area contributed by atoms with Gasteiger partial charge in [-0.05, 0) is 25.0 Å². The fraction of sp³-hybridized carbons (Fsp3) is 0.308. The van der Waals surface area contributed by atoms with Gasteiger partial charge >= 0.3 is 0 Å². The molecule has 0 amide bonds. The van der Waals surface area contributed by atoms with Gasteiger partial charge < -0.3 is 5.32 Å². The van der Waals surface area contributed by atoms with Crippen molar-refractivity contribution in [1.82, 2.24) is 9.97 Å². The van der Waals surface area contributed by atoms with Crippen LogP contribution >= 0.6 is 11.3 Å². The van der Waals surface area contributed by atoms with E-state index in [2.05, 4.69) is 26.7 Å². The monoisotopic (exact) mass is 256 g/mol. The lowest BCUT2D eigenvalue weighted by Crippen LogP contribution is -2.03. The summed E-state index contributed by atoms with van der Waals surface area (Å²) < 4.78 is 0. The average molecular weight is 256 g/mol. The van der Waals surface area contributed by atoms with Crippen LogP contribution in [0.2, 0.25) is 0 Å². The zero-order valence-electron chi connectivity index (χ0n) is 9.76. The molecule has 2 aromatic heterocycles. The minimum atomic E-state index is 0.565. The first kappa shape index (κ1) is 11.2. The molecule has 90 valence electrons. The Bertz CT molecular complexity index is 595. The van der Waals surface area contributed by atoms with E-state index in [0.29, 0.717) is 23.8 Å². The maximum atomic E-state index is 8.96. The van der Waals surface area contributed by atoms with E-state index in [1.807, 2.05) is 0 Å². The van der Waals surface area contributed by atoms with Gasteiger partial charge in [0.1, 0.15) is 11.9 Å². The summed E-state index contributed by atoms with van der Waals surface area (Å²) in [7, 11) is 0. The predicted molar refractivity (Wildman–Crippen MR) is 70.4 cm³/mol. The molecule has 1 N–H and O–H groups in total. The zero-order chi connectivity index (χ0) is 12.4. The maximum absolute atomic E-state index is 8.96. The number of hydrogen-bond acceptors (Lipinski definition) is 5. The molecule has 0 radical (unpaired) electrons. The van der Waals surface area contributed by atoms with Crippen molar-refractivity contribution >= 4 is 17.2 Å². The largest absolute Gasteiger partial charge is 0.363 e. The third-order valence-electron chi connectivity index (χ3n) is 2.86. The van der Waals surface area contributed by atoms with Crippen LogP contribution in [-0.2, 0) is 6.54 Å². The molecule has 0 unspecified atom stereocenters. The summed E-state index contributed by atoms with van der Waals surface area (Å²) in [6.45, 7) is 0.620. The quantitative estimate of drug-likeness (QED) is 0.913. The molecule has 2 heterocycles. The lowest BCUT2D eigenvalue weighted by atomic mass is 10.3. The molecule has 1 aliphatic rings. The lowest BCUT2D eigenvalue weighted by molar-refractivity contribution is 0.994. The van der Waals surface area contributed by atoms with E-state index in [-0.39, 0.29) is 0 Å². The van der Waals surface area contributed by atoms with Crippen LogP contribution in [0.1, 0.15) is 35.0 Å². The van der Waals surface area contributed by atoms with Gasteiger partial charge in [-0.1, -0.05) is 0 Å². The molecule has 1 fully saturated rings. The van der Waals surface area contributed by atoms with Crippen LogP contribution in [0.15, 0.2) is 23.7 Å². The Morgan fingerprint density at radius 2 is 2.39 bits per heavy atom. The third kappa shape index (κ3) is 2.34. The molecular weight excluding hydrogens is 244 g/mol. The van der Waals surface area contributed by atoms with Gasteiger partial charge in [-0.3, -0.25) is 0 Å². The minimum Gasteiger partial charge on any atom is -0.363 e. The van der Waals surface area contributed by atoms with Gasteiger partial charge in [0.2, 0.25) is 0 Å². The van der Waals surface area contributed by atoms with Crippen molar-refractivity contribution in [3.8, 4) is 6.07 Å². The van der Waals surface area contributed by atoms with Gasteiger partial charge in [-0.2, -0.15) is 5.26 Å². The van der Waals surface area contributed by atoms with Crippen molar-refractivity contribution in [3.63, 3.8) is 0 Å². The smallest absolute Gasteiger partial charge is 0.144 e. The van der Waals surface area contributed by atoms with Crippen LogP contribution < -0.4 is 5.32 Å². The molecule has 1 saturated carbocycles. The van der Waals surface area contributed by atoms with Crippen LogP contribution in [0, 0.1) is 11.3 Å². The number of hydrogen-bond donors (Lipinski definition) is 1. The van der Waals surface area contributed by atoms with Crippen LogP contribution in [0.25, 0.3) is 0 Å². The molecule has 0 saturated heterocycles. The molecular formula is C13H12N4S. The standard InChI is InChI=1S/C13H12N4S/c14-6-10-2-1-5-15-12(10)16-7-11-8-18-13(17-11)9-3-4-9/h1-2,5,8-9H,3-4,7H2,(H,15,16). The van der Waals surface area contributed by atoms with Crippen LogP contribution in [0.5, 0.6) is 0 Å². The molecule has 4 nitrogen and oxygen atoms in total. The highest BCUT2D eigenvalue weighted by Crippen LogP contribution is 2.41. The molecule has 18 heavy (non-hydrogen) atoms. The Hall–Kier alpha value is -1.93. The first-order valence-electron chi connectivity index (χ1n) is 5.90. The first-order valence-corrected chi connectivity index (χ1v) is 6.78. The summed E-state index contributed by atoms with van der Waals surface area (Å²) >= 11 is 1.73. The Morgan fingerprint density at radius 1 is 1.50 bits per heavy atom. The number of anilines is 1. The molecule has 1 aliphatic carbocycles. The second-order valence-corrected chi connectivity index (χ2v) is 5.21. The second kappa shape index (κ2) is 4.75. The highest BCUT2D eigenvalue weighted by Gasteiger charge is 2.26. The summed E-state index contributed by atoms with van der Waals surface area (Å²) in [6, 6.07) is 5.64. The van der Waals surface area contributed by atoms with Crippen molar-refractivity contribution in [2.45, 2.75) is 25.3 Å². The fourth-order valence-electron chi connectivity index (χ4n) is 1.73. The van der Waals surface area contributed by atoms with Crippen LogP contribution in [0.3, 0.4) is 0 Å². The van der Waals surface area contributed by atoms with Gasteiger partial charge in [0.25, 0.3) is 0 Å². The van der Waals surface area contributed by atoms with Crippen LogP contribution in [-0.4, -0.2) is 9.97 Å². The summed E-state index contributed by atoms with van der Waals surface area (Å²) in [5.41, 5.74) is 1.59. The highest BCUT2D eigenvalue weighted by molar-refractivity contribution is 7.09. The number of nitrogens with one attached hydrogen (secondary N) is 1. The molecule has 0 spiro atoms. The molecule has 0 atom stereocenters. The van der Waals surface area contributed by atoms with Gasteiger partial charge in [-0.25, -0.2) is 9.97 Å². The predicted octanol–water partition coefficient (Wildman–Crippen LogP) is 2.90. The highest BCUT2D eigenvalue weighted by atomic mass is 32.1. The minimum absolute atomic E-state index is 0.565. The topological polar surface area (TPSA) is 61.6 Å². The van der Waals surface area contributed by atoms with E-state index in [1.54, 1.807) is 29.7 Å². The Kier molecular flexibility index (Phi) is 2.95. The van der Waals surface area contributed by atoms with Gasteiger partial charge in [0.05, 0.1) is 22.8 Å². The number of rotatable bonds is 4. The number of pyridine rings is 1. The summed E-state index contributed by atoms with van der Waals surface area (Å²) in [4.78, 5) is 8.75. The van der Waals surface area contributed by atoms with E-state index < -0.39 is 0 Å². The lowest BCUT2D eigenvalue weighted by Gasteiger charge is -2.04. The summed E-state index contributed by atoms with van der Waals surface area (Å²) in [6.07, 6.45) is 4.23. The maximum Gasteiger partial charge on any atom is 0.144 e. The Labute approximate surface area is 109 Å². The fourth-order valence-corrected chi connectivity index (χ4v) is 2.72. The average Bonchev–Trinajstić information content (AvgIpc) is 3.16. The molecule has 2 aromatic rings. The molecule has 0 aromatic carbocycles. The number of nitriles is 1. The van der Waals surface area contributed by atoms with Gasteiger partial charge in [0.15, 0.2) is 0 Å². The normalized spacial score (nSPS) is 14.2. The van der Waals surface area contributed by atoms with E-state index in [1.165, 1.54) is 17.8 Å². The van der Waals surface area contributed by atoms with Crippen molar-refractivity contribution in [3.05, 3.63) is 40.0 Å². The third-order valence-corrected chi connectivity index (χ3v) is 3.92. The summed E-state index contributed by atoms with van der Waals surface area (Å²) in [5, 5.41) is 15.4. The van der Waals surface area contributed by atoms with Gasteiger partial charge in [-0.15, -0.1) is 11.3 Å². The molecule has 5 heteroatoms. The van der Waals surface area contributed by atoms with Crippen molar-refractivity contribution in [2.24, 2.45) is 0 Å². The second-order valence-electron chi connectivity index (χ2n) is 4.32. The molecule has 3 rings (SSSR count). The van der Waals surface area contributed by atoms with Crippen molar-refractivity contribution in [2.75, 3.05) is 5.32 Å². The summed E-state index contributed by atoms with van der Waals surface area (Å²) in [5.74, 6) is 1.33. The van der Waals surface area contributed by atoms with Gasteiger partial charge in [0, 0.05) is 17.5 Å². The van der Waals surface area contributed by atoms with E-state index in [0.717, 1.165) is 5.69 Å². The van der Waals surface area contributed by atoms with Crippen LogP contribution in [0.4, 0.5) is 5.82 Å². The SMILES string of the molecule is N#Cc1cccnc1NCc1csc(C2CC2)n1. The Morgan fingerprint density at radius 3 is 3.17 bits per heavy atom. The molecule has 0 aliphatic heterocycles. The first-order chi connectivity index (χ1) is 8.86. The number of aromatic nitrogens is 2. The van der Waals surface area contributed by atoms with E-state index in [4.69, 9.17) is 5.26 Å². The zero-order valence-corrected chi connectivity index (χ0v) is 10.6. The van der Waals surface area contributed by atoms with Crippen molar-refractivity contribution < 1.29 is 0 Å². The van der Waals surface area contributed by atoms with Crippen molar-refractivity contribution in [1.29, 1.82) is 5.26 Å². The number of thiazole rings is 1. The number of nitrogens with zero attached hydrogens (tertiary/aromatic N) is 3. The molecule has 0 bridgehead atoms. The van der Waals surface area contributed by atoms with E-state index >= 15 is 0 Å².